The predicted octanol–water partition coefficient (Wildman–Crippen LogP) is 2.54. The van der Waals surface area contributed by atoms with E-state index in [1.165, 1.54) is 24.3 Å². The molecule has 28 heavy (non-hydrogen) atoms. The fourth-order valence-electron chi connectivity index (χ4n) is 2.92. The van der Waals surface area contributed by atoms with Gasteiger partial charge in [-0.15, -0.1) is 0 Å². The number of anilines is 1. The van der Waals surface area contributed by atoms with E-state index in [-0.39, 0.29) is 29.5 Å². The van der Waals surface area contributed by atoms with Crippen LogP contribution in [0, 0.1) is 5.82 Å². The maximum absolute atomic E-state index is 13.5. The van der Waals surface area contributed by atoms with Crippen molar-refractivity contribution in [2.75, 3.05) is 25.0 Å². The number of hydrogen-bond acceptors (Lipinski definition) is 6. The number of rotatable bonds is 5. The Labute approximate surface area is 162 Å². The third-order valence-electron chi connectivity index (χ3n) is 4.23. The largest absolute Gasteiger partial charge is 0.495 e. The van der Waals surface area contributed by atoms with Gasteiger partial charge in [0, 0.05) is 18.7 Å². The zero-order valence-corrected chi connectivity index (χ0v) is 16.3. The summed E-state index contributed by atoms with van der Waals surface area (Å²) in [6.45, 7) is 2.74. The number of nitrogens with one attached hydrogen (secondary N) is 1. The number of methoxy groups -OCH3 is 1. The number of ether oxygens (including phenoxy) is 2. The maximum atomic E-state index is 13.5. The average molecular weight is 409 g/mol. The summed E-state index contributed by atoms with van der Waals surface area (Å²) in [5.74, 6) is -0.678. The number of sulfonamides is 1. The number of amides is 1. The van der Waals surface area contributed by atoms with Crippen LogP contribution in [0.3, 0.4) is 0 Å². The Morgan fingerprint density at radius 3 is 2.86 bits per heavy atom. The number of benzene rings is 1. The molecule has 10 heteroatoms. The third kappa shape index (κ3) is 4.16. The average Bonchev–Trinajstić information content (AvgIpc) is 2.67. The van der Waals surface area contributed by atoms with Gasteiger partial charge in [0.15, 0.2) is 0 Å². The molecule has 1 aromatic heterocycles. The molecular weight excluding hydrogens is 389 g/mol. The van der Waals surface area contributed by atoms with Gasteiger partial charge in [-0.3, -0.25) is 9.71 Å². The fourth-order valence-corrected chi connectivity index (χ4v) is 4.14. The number of nitrogens with zero attached hydrogens (tertiary/aromatic N) is 2. The zero-order valence-electron chi connectivity index (χ0n) is 15.4. The minimum atomic E-state index is -4.10. The molecule has 0 atom stereocenters. The van der Waals surface area contributed by atoms with Crippen LogP contribution in [0.5, 0.6) is 5.75 Å². The molecule has 0 radical (unpaired) electrons. The van der Waals surface area contributed by atoms with Gasteiger partial charge in [0.1, 0.15) is 16.5 Å². The van der Waals surface area contributed by atoms with Gasteiger partial charge in [0.2, 0.25) is 0 Å². The molecule has 0 saturated heterocycles. The highest BCUT2D eigenvalue weighted by atomic mass is 32.2. The molecule has 2 heterocycles. The summed E-state index contributed by atoms with van der Waals surface area (Å²) in [6.07, 6.45) is 1.50. The summed E-state index contributed by atoms with van der Waals surface area (Å²) in [7, 11) is -2.80. The summed E-state index contributed by atoms with van der Waals surface area (Å²) in [5.41, 5.74) is 1.70. The van der Waals surface area contributed by atoms with Gasteiger partial charge < -0.3 is 14.4 Å². The molecule has 1 N–H and O–H groups in total. The van der Waals surface area contributed by atoms with E-state index < -0.39 is 21.9 Å². The number of fused-ring (bicyclic) bond motifs is 1. The first-order chi connectivity index (χ1) is 13.3. The Hall–Kier alpha value is -2.88. The van der Waals surface area contributed by atoms with Crippen LogP contribution >= 0.6 is 0 Å². The molecule has 8 nitrogen and oxygen atoms in total. The highest BCUT2D eigenvalue weighted by Gasteiger charge is 2.25. The van der Waals surface area contributed by atoms with Crippen LogP contribution in [0.2, 0.25) is 0 Å². The molecule has 1 aliphatic rings. The Morgan fingerprint density at radius 2 is 2.14 bits per heavy atom. The van der Waals surface area contributed by atoms with Crippen LogP contribution in [0.1, 0.15) is 18.2 Å². The normalized spacial score (nSPS) is 13.6. The minimum absolute atomic E-state index is 0.0216. The first-order valence-electron chi connectivity index (χ1n) is 8.60. The van der Waals surface area contributed by atoms with Crippen molar-refractivity contribution < 1.29 is 27.1 Å². The standard InChI is InChI=1S/C18H20FN3O5S/c1-3-27-18(23)22-7-6-15-12(11-22)8-14(10-20-15)21-28(24,25)17-9-13(19)4-5-16(17)26-2/h4-5,8-10,21H,3,6-7,11H2,1-2H3. The van der Waals surface area contributed by atoms with Crippen LogP contribution in [-0.4, -0.2) is 44.7 Å². The van der Waals surface area contributed by atoms with Crippen molar-refractivity contribution in [1.82, 2.24) is 9.88 Å². The van der Waals surface area contributed by atoms with Crippen LogP contribution in [-0.2, 0) is 27.7 Å². The van der Waals surface area contributed by atoms with Crippen molar-refractivity contribution in [2.24, 2.45) is 0 Å². The molecule has 2 aromatic rings. The van der Waals surface area contributed by atoms with E-state index in [9.17, 15) is 17.6 Å². The van der Waals surface area contributed by atoms with E-state index in [0.29, 0.717) is 18.5 Å². The van der Waals surface area contributed by atoms with Crippen molar-refractivity contribution in [3.05, 3.63) is 47.5 Å². The molecule has 3 rings (SSSR count). The van der Waals surface area contributed by atoms with E-state index >= 15 is 0 Å². The van der Waals surface area contributed by atoms with Crippen molar-refractivity contribution >= 4 is 21.8 Å². The molecule has 0 spiro atoms. The molecule has 0 unspecified atom stereocenters. The molecule has 150 valence electrons. The first-order valence-corrected chi connectivity index (χ1v) is 10.1. The Bertz CT molecular complexity index is 997. The fraction of sp³-hybridized carbons (Fsp3) is 0.333. The highest BCUT2D eigenvalue weighted by molar-refractivity contribution is 7.92. The molecule has 1 aromatic carbocycles. The number of halogens is 1. The summed E-state index contributed by atoms with van der Waals surface area (Å²) in [5, 5.41) is 0. The number of carbonyl (C=O) groups excluding carboxylic acids is 1. The lowest BCUT2D eigenvalue weighted by molar-refractivity contribution is 0.102. The molecular formula is C18H20FN3O5S. The van der Waals surface area contributed by atoms with Gasteiger partial charge in [0.05, 0.1) is 32.1 Å². The molecule has 1 aliphatic heterocycles. The topological polar surface area (TPSA) is 97.8 Å². The Morgan fingerprint density at radius 1 is 1.36 bits per heavy atom. The number of hydrogen-bond donors (Lipinski definition) is 1. The van der Waals surface area contributed by atoms with Gasteiger partial charge >= 0.3 is 6.09 Å². The maximum Gasteiger partial charge on any atom is 0.410 e. The van der Waals surface area contributed by atoms with E-state index in [1.807, 2.05) is 0 Å². The van der Waals surface area contributed by atoms with Crippen molar-refractivity contribution in [3.8, 4) is 5.75 Å². The number of carbonyl (C=O) groups is 1. The monoisotopic (exact) mass is 409 g/mol. The lowest BCUT2D eigenvalue weighted by atomic mass is 10.1. The van der Waals surface area contributed by atoms with Crippen LogP contribution in [0.4, 0.5) is 14.9 Å². The number of aromatic nitrogens is 1. The second kappa shape index (κ2) is 8.01. The summed E-state index contributed by atoms with van der Waals surface area (Å²) < 4.78 is 51.3. The summed E-state index contributed by atoms with van der Waals surface area (Å²) in [6, 6.07) is 4.85. The lowest BCUT2D eigenvalue weighted by Gasteiger charge is -2.27. The zero-order chi connectivity index (χ0) is 20.3. The third-order valence-corrected chi connectivity index (χ3v) is 5.64. The van der Waals surface area contributed by atoms with E-state index in [0.717, 1.165) is 17.8 Å². The highest BCUT2D eigenvalue weighted by Crippen LogP contribution is 2.28. The first kappa shape index (κ1) is 19.9. The smallest absolute Gasteiger partial charge is 0.410 e. The van der Waals surface area contributed by atoms with Crippen molar-refractivity contribution in [3.63, 3.8) is 0 Å². The second-order valence-corrected chi connectivity index (χ2v) is 7.75. The Kier molecular flexibility index (Phi) is 5.68. The van der Waals surface area contributed by atoms with Crippen molar-refractivity contribution in [1.29, 1.82) is 0 Å². The molecule has 0 aliphatic carbocycles. The molecule has 0 bridgehead atoms. The lowest BCUT2D eigenvalue weighted by Crippen LogP contribution is -2.36. The van der Waals surface area contributed by atoms with Gasteiger partial charge in [0.25, 0.3) is 10.0 Å². The quantitative estimate of drug-likeness (QED) is 0.815. The SMILES string of the molecule is CCOC(=O)N1CCc2ncc(NS(=O)(=O)c3cc(F)ccc3OC)cc2C1. The van der Waals surface area contributed by atoms with Gasteiger partial charge in [-0.1, -0.05) is 0 Å². The van der Waals surface area contributed by atoms with E-state index in [2.05, 4.69) is 9.71 Å². The Balaban J connectivity index is 1.85. The van der Waals surface area contributed by atoms with Crippen molar-refractivity contribution in [2.45, 2.75) is 24.8 Å². The van der Waals surface area contributed by atoms with Crippen LogP contribution in [0.25, 0.3) is 0 Å². The molecule has 1 amide bonds. The van der Waals surface area contributed by atoms with E-state index in [1.54, 1.807) is 13.0 Å². The summed E-state index contributed by atoms with van der Waals surface area (Å²) >= 11 is 0. The van der Waals surface area contributed by atoms with Gasteiger partial charge in [-0.25, -0.2) is 17.6 Å². The second-order valence-electron chi connectivity index (χ2n) is 6.10. The molecule has 0 saturated carbocycles. The van der Waals surface area contributed by atoms with Crippen LogP contribution in [0.15, 0.2) is 35.4 Å². The van der Waals surface area contributed by atoms with E-state index in [4.69, 9.17) is 9.47 Å². The summed E-state index contributed by atoms with van der Waals surface area (Å²) in [4.78, 5) is 17.4. The minimum Gasteiger partial charge on any atom is -0.495 e. The van der Waals surface area contributed by atoms with Gasteiger partial charge in [-0.05, 0) is 36.8 Å². The molecule has 0 fully saturated rings. The predicted molar refractivity (Wildman–Crippen MR) is 99.1 cm³/mol. The number of pyridine rings is 1. The van der Waals surface area contributed by atoms with Gasteiger partial charge in [-0.2, -0.15) is 0 Å². The van der Waals surface area contributed by atoms with Crippen LogP contribution < -0.4 is 9.46 Å².